The van der Waals surface area contributed by atoms with Gasteiger partial charge in [-0.25, -0.2) is 8.42 Å². The highest BCUT2D eigenvalue weighted by atomic mass is 32.2. The van der Waals surface area contributed by atoms with Gasteiger partial charge in [0, 0.05) is 52.5 Å². The number of nitrogens with zero attached hydrogens (tertiary/aromatic N) is 3. The van der Waals surface area contributed by atoms with Crippen molar-refractivity contribution in [3.8, 4) is 0 Å². The quantitative estimate of drug-likeness (QED) is 0.574. The number of ether oxygens (including phenoxy) is 1. The maximum atomic E-state index is 13.5. The Morgan fingerprint density at radius 2 is 1.71 bits per heavy atom. The number of piperazine rings is 1. The van der Waals surface area contributed by atoms with Gasteiger partial charge in [-0.15, -0.1) is 0 Å². The van der Waals surface area contributed by atoms with Crippen LogP contribution < -0.4 is 0 Å². The van der Waals surface area contributed by atoms with Gasteiger partial charge >= 0.3 is 6.18 Å². The van der Waals surface area contributed by atoms with E-state index in [1.165, 1.54) is 42.4 Å². The Kier molecular flexibility index (Phi) is 7.68. The zero-order valence-electron chi connectivity index (χ0n) is 19.2. The number of alkyl halides is 3. The van der Waals surface area contributed by atoms with Crippen LogP contribution in [0.15, 0.2) is 0 Å². The van der Waals surface area contributed by atoms with Crippen molar-refractivity contribution in [2.75, 3.05) is 53.5 Å². The second-order valence-electron chi connectivity index (χ2n) is 9.96. The summed E-state index contributed by atoms with van der Waals surface area (Å²) in [6, 6.07) is -2.28. The van der Waals surface area contributed by atoms with E-state index in [0.717, 1.165) is 19.6 Å². The smallest absolute Gasteiger partial charge is 0.385 e. The van der Waals surface area contributed by atoms with E-state index < -0.39 is 39.5 Å². The summed E-state index contributed by atoms with van der Waals surface area (Å²) in [5, 5.41) is -0.808. The van der Waals surface area contributed by atoms with Gasteiger partial charge in [0.25, 0.3) is 0 Å². The molecule has 1 aliphatic carbocycles. The topological polar surface area (TPSA) is 53.1 Å². The molecular weight excluding hydrogens is 431 g/mol. The van der Waals surface area contributed by atoms with Crippen LogP contribution >= 0.6 is 0 Å². The molecule has 10 heteroatoms. The van der Waals surface area contributed by atoms with Gasteiger partial charge in [-0.1, -0.05) is 13.3 Å². The fourth-order valence-electron chi connectivity index (χ4n) is 5.82. The Morgan fingerprint density at radius 1 is 1.10 bits per heavy atom. The summed E-state index contributed by atoms with van der Waals surface area (Å²) in [4.78, 5) is 3.56. The number of methoxy groups -OCH3 is 1. The summed E-state index contributed by atoms with van der Waals surface area (Å²) >= 11 is 0. The van der Waals surface area contributed by atoms with Gasteiger partial charge in [-0.05, 0) is 51.0 Å². The standard InChI is InChI=1S/C21H38F3N3O3S/c1-16-14-18(17(2)25(3)19(16)21(22,23)24)31(28,29)27-11-9-26(10-12-27)15-20(6-5-7-20)8-13-30-4/h16-19H,5-15H2,1-4H3. The van der Waals surface area contributed by atoms with Gasteiger partial charge in [-0.2, -0.15) is 17.5 Å². The van der Waals surface area contributed by atoms with Crippen molar-refractivity contribution >= 4 is 10.0 Å². The van der Waals surface area contributed by atoms with Crippen LogP contribution in [-0.4, -0.2) is 99.5 Å². The summed E-state index contributed by atoms with van der Waals surface area (Å²) in [7, 11) is -0.545. The Balaban J connectivity index is 1.61. The van der Waals surface area contributed by atoms with E-state index in [-0.39, 0.29) is 6.42 Å². The van der Waals surface area contributed by atoms with E-state index in [4.69, 9.17) is 4.74 Å². The van der Waals surface area contributed by atoms with Crippen LogP contribution in [0, 0.1) is 11.3 Å². The van der Waals surface area contributed by atoms with Gasteiger partial charge in [0.1, 0.15) is 6.04 Å². The van der Waals surface area contributed by atoms with Crippen LogP contribution in [0.4, 0.5) is 13.2 Å². The molecule has 0 amide bonds. The lowest BCUT2D eigenvalue weighted by Crippen LogP contribution is -2.63. The molecule has 0 bridgehead atoms. The lowest BCUT2D eigenvalue weighted by atomic mass is 9.66. The molecule has 0 spiro atoms. The molecule has 4 unspecified atom stereocenters. The van der Waals surface area contributed by atoms with Gasteiger partial charge in [0.2, 0.25) is 10.0 Å². The van der Waals surface area contributed by atoms with Gasteiger partial charge in [0.05, 0.1) is 5.25 Å². The molecule has 2 saturated heterocycles. The summed E-state index contributed by atoms with van der Waals surface area (Å²) in [6.45, 7) is 7.00. The molecule has 3 rings (SSSR count). The highest BCUT2D eigenvalue weighted by molar-refractivity contribution is 7.89. The number of rotatable bonds is 7. The monoisotopic (exact) mass is 469 g/mol. The molecule has 31 heavy (non-hydrogen) atoms. The van der Waals surface area contributed by atoms with Crippen LogP contribution in [0.25, 0.3) is 0 Å². The minimum absolute atomic E-state index is 0.0400. The minimum atomic E-state index is -4.36. The zero-order valence-corrected chi connectivity index (χ0v) is 20.0. The third kappa shape index (κ3) is 5.23. The predicted octanol–water partition coefficient (Wildman–Crippen LogP) is 2.80. The average molecular weight is 470 g/mol. The summed E-state index contributed by atoms with van der Waals surface area (Å²) in [6.07, 6.45) is 0.341. The fourth-order valence-corrected chi connectivity index (χ4v) is 8.12. The van der Waals surface area contributed by atoms with Crippen molar-refractivity contribution in [2.45, 2.75) is 69.5 Å². The first-order valence-corrected chi connectivity index (χ1v) is 12.9. The number of piperidine rings is 1. The molecule has 4 atom stereocenters. The van der Waals surface area contributed by atoms with Crippen molar-refractivity contribution < 1.29 is 26.3 Å². The Morgan fingerprint density at radius 3 is 2.19 bits per heavy atom. The molecule has 3 fully saturated rings. The van der Waals surface area contributed by atoms with E-state index in [1.54, 1.807) is 14.0 Å². The number of likely N-dealkylation sites (tertiary alicyclic amines) is 1. The van der Waals surface area contributed by atoms with Crippen LogP contribution in [0.5, 0.6) is 0 Å². The van der Waals surface area contributed by atoms with Crippen molar-refractivity contribution in [1.29, 1.82) is 0 Å². The SMILES string of the molecule is COCCC1(CN2CCN(S(=O)(=O)C3CC(C)C(C(F)(F)F)N(C)C3C)CC2)CCC1. The molecule has 6 nitrogen and oxygen atoms in total. The average Bonchev–Trinajstić information content (AvgIpc) is 2.66. The molecule has 0 aromatic heterocycles. The molecule has 0 N–H and O–H groups in total. The van der Waals surface area contributed by atoms with Gasteiger partial charge in [-0.3, -0.25) is 4.90 Å². The van der Waals surface area contributed by atoms with E-state index in [1.807, 2.05) is 0 Å². The highest BCUT2D eigenvalue weighted by Crippen LogP contribution is 2.45. The Bertz CT molecular complexity index is 706. The van der Waals surface area contributed by atoms with Gasteiger partial charge in [0.15, 0.2) is 0 Å². The maximum absolute atomic E-state index is 13.5. The second kappa shape index (κ2) is 9.44. The van der Waals surface area contributed by atoms with Crippen LogP contribution in [0.3, 0.4) is 0 Å². The van der Waals surface area contributed by atoms with E-state index in [9.17, 15) is 21.6 Å². The molecule has 0 radical (unpaired) electrons. The van der Waals surface area contributed by atoms with Crippen molar-refractivity contribution in [2.24, 2.45) is 11.3 Å². The minimum Gasteiger partial charge on any atom is -0.385 e. The molecule has 2 heterocycles. The largest absolute Gasteiger partial charge is 0.404 e. The van der Waals surface area contributed by atoms with E-state index >= 15 is 0 Å². The molecule has 0 aromatic carbocycles. The molecule has 0 aromatic rings. The normalized spacial score (nSPS) is 33.9. The second-order valence-corrected chi connectivity index (χ2v) is 12.1. The lowest BCUT2D eigenvalue weighted by Gasteiger charge is -2.49. The van der Waals surface area contributed by atoms with Crippen LogP contribution in [0.1, 0.15) is 46.0 Å². The number of halogens is 3. The van der Waals surface area contributed by atoms with Gasteiger partial charge < -0.3 is 9.64 Å². The van der Waals surface area contributed by atoms with Crippen LogP contribution in [0.2, 0.25) is 0 Å². The van der Waals surface area contributed by atoms with Crippen molar-refractivity contribution in [3.05, 3.63) is 0 Å². The third-order valence-electron chi connectivity index (χ3n) is 7.98. The Hall–Kier alpha value is -0.420. The lowest BCUT2D eigenvalue weighted by molar-refractivity contribution is -0.205. The fraction of sp³-hybridized carbons (Fsp3) is 1.00. The number of sulfonamides is 1. The number of hydrogen-bond acceptors (Lipinski definition) is 5. The summed E-state index contributed by atoms with van der Waals surface area (Å²) in [5.74, 6) is -0.762. The molecule has 1 saturated carbocycles. The maximum Gasteiger partial charge on any atom is 0.404 e. The van der Waals surface area contributed by atoms with Crippen LogP contribution in [-0.2, 0) is 14.8 Å². The van der Waals surface area contributed by atoms with Crippen molar-refractivity contribution in [1.82, 2.24) is 14.1 Å². The molecule has 182 valence electrons. The van der Waals surface area contributed by atoms with E-state index in [2.05, 4.69) is 4.90 Å². The third-order valence-corrected chi connectivity index (χ3v) is 10.4. The predicted molar refractivity (Wildman–Crippen MR) is 114 cm³/mol. The molecule has 3 aliphatic rings. The zero-order chi connectivity index (χ0) is 23.0. The first-order valence-electron chi connectivity index (χ1n) is 11.4. The summed E-state index contributed by atoms with van der Waals surface area (Å²) in [5.41, 5.74) is 0.291. The number of hydrogen-bond donors (Lipinski definition) is 0. The summed E-state index contributed by atoms with van der Waals surface area (Å²) < 4.78 is 74.0. The molecule has 2 aliphatic heterocycles. The first kappa shape index (κ1) is 25.2. The Labute approximate surface area is 185 Å². The highest BCUT2D eigenvalue weighted by Gasteiger charge is 2.54. The van der Waals surface area contributed by atoms with Crippen molar-refractivity contribution in [3.63, 3.8) is 0 Å². The molecular formula is C21H38F3N3O3S. The van der Waals surface area contributed by atoms with E-state index in [0.29, 0.717) is 31.6 Å². The first-order chi connectivity index (χ1) is 14.4.